The van der Waals surface area contributed by atoms with Gasteiger partial charge in [0.25, 0.3) is 0 Å². The molecule has 2 fully saturated rings. The van der Waals surface area contributed by atoms with Crippen molar-refractivity contribution in [2.75, 3.05) is 0 Å². The highest BCUT2D eigenvalue weighted by molar-refractivity contribution is 5.81. The predicted molar refractivity (Wildman–Crippen MR) is 70.1 cm³/mol. The summed E-state index contributed by atoms with van der Waals surface area (Å²) in [6.07, 6.45) is 1.87. The first kappa shape index (κ1) is 15.1. The zero-order valence-corrected chi connectivity index (χ0v) is 12.1. The summed E-state index contributed by atoms with van der Waals surface area (Å²) in [5.74, 6) is -1.85. The minimum absolute atomic E-state index is 0.258. The van der Waals surface area contributed by atoms with Crippen LogP contribution in [0.4, 0.5) is 9.18 Å². The van der Waals surface area contributed by atoms with E-state index in [9.17, 15) is 14.7 Å². The quantitative estimate of drug-likeness (QED) is 0.814. The Labute approximate surface area is 117 Å². The maximum Gasteiger partial charge on any atom is 0.408 e. The molecule has 0 aliphatic heterocycles. The van der Waals surface area contributed by atoms with Gasteiger partial charge in [0.15, 0.2) is 6.04 Å². The molecule has 0 aromatic rings. The van der Waals surface area contributed by atoms with Crippen molar-refractivity contribution in [1.82, 2.24) is 5.32 Å². The molecule has 2 aliphatic rings. The lowest BCUT2D eigenvalue weighted by molar-refractivity contribution is -0.145. The predicted octanol–water partition coefficient (Wildman–Crippen LogP) is 2.49. The Balaban J connectivity index is 2.10. The molecular weight excluding hydrogens is 265 g/mol. The number of alkyl halides is 1. The van der Waals surface area contributed by atoms with Crippen LogP contribution in [-0.2, 0) is 9.53 Å². The van der Waals surface area contributed by atoms with Crippen molar-refractivity contribution in [3.8, 4) is 0 Å². The molecule has 1 atom stereocenters. The van der Waals surface area contributed by atoms with Gasteiger partial charge in [-0.25, -0.2) is 14.0 Å². The Hall–Kier alpha value is -1.33. The Morgan fingerprint density at radius 1 is 1.20 bits per heavy atom. The average molecular weight is 287 g/mol. The standard InChI is InChI=1S/C14H22FNO4/c1-13(2,3)20-12(19)16-10(11(17)18)14(15,8-4-5-8)9-6-7-9/h8-10H,4-7H2,1-3H3,(H,16,19)(H,17,18)/t10-/m0/s1. The number of hydrogen-bond donors (Lipinski definition) is 2. The number of hydrogen-bond acceptors (Lipinski definition) is 3. The summed E-state index contributed by atoms with van der Waals surface area (Å²) in [6.45, 7) is 5.02. The molecule has 114 valence electrons. The van der Waals surface area contributed by atoms with E-state index in [1.807, 2.05) is 0 Å². The zero-order valence-electron chi connectivity index (χ0n) is 12.1. The molecule has 0 bridgehead atoms. The van der Waals surface area contributed by atoms with Gasteiger partial charge in [-0.1, -0.05) is 0 Å². The molecule has 0 aromatic heterocycles. The maximum atomic E-state index is 15.2. The van der Waals surface area contributed by atoms with Gasteiger partial charge in [-0.15, -0.1) is 0 Å². The summed E-state index contributed by atoms with van der Waals surface area (Å²) in [7, 11) is 0. The van der Waals surface area contributed by atoms with Crippen LogP contribution in [0.5, 0.6) is 0 Å². The van der Waals surface area contributed by atoms with Crippen LogP contribution in [0.25, 0.3) is 0 Å². The van der Waals surface area contributed by atoms with Crippen molar-refractivity contribution >= 4 is 12.1 Å². The van der Waals surface area contributed by atoms with Crippen molar-refractivity contribution in [1.29, 1.82) is 0 Å². The second-order valence-electron chi connectivity index (χ2n) is 6.79. The van der Waals surface area contributed by atoms with Crippen LogP contribution in [0.1, 0.15) is 46.5 Å². The molecule has 0 saturated heterocycles. The molecule has 2 saturated carbocycles. The van der Waals surface area contributed by atoms with E-state index >= 15 is 4.39 Å². The number of carbonyl (C=O) groups is 2. The number of aliphatic carboxylic acids is 1. The number of halogens is 1. The van der Waals surface area contributed by atoms with Gasteiger partial charge in [0.1, 0.15) is 11.3 Å². The highest BCUT2D eigenvalue weighted by atomic mass is 19.1. The van der Waals surface area contributed by atoms with Gasteiger partial charge < -0.3 is 15.2 Å². The molecule has 0 heterocycles. The van der Waals surface area contributed by atoms with Crippen molar-refractivity contribution in [2.45, 2.75) is 63.8 Å². The fourth-order valence-corrected chi connectivity index (χ4v) is 2.64. The molecule has 2 N–H and O–H groups in total. The summed E-state index contributed by atoms with van der Waals surface area (Å²) in [5, 5.41) is 11.5. The summed E-state index contributed by atoms with van der Waals surface area (Å²) in [6, 6.07) is -1.53. The first-order valence-electron chi connectivity index (χ1n) is 7.06. The highest BCUT2D eigenvalue weighted by Crippen LogP contribution is 2.56. The van der Waals surface area contributed by atoms with Crippen LogP contribution >= 0.6 is 0 Å². The van der Waals surface area contributed by atoms with E-state index < -0.39 is 29.4 Å². The topological polar surface area (TPSA) is 75.6 Å². The highest BCUT2D eigenvalue weighted by Gasteiger charge is 2.62. The van der Waals surface area contributed by atoms with E-state index in [2.05, 4.69) is 5.32 Å². The zero-order chi connectivity index (χ0) is 15.1. The molecule has 5 nitrogen and oxygen atoms in total. The molecule has 0 spiro atoms. The van der Waals surface area contributed by atoms with Crippen LogP contribution < -0.4 is 5.32 Å². The van der Waals surface area contributed by atoms with Crippen LogP contribution in [0.2, 0.25) is 0 Å². The van der Waals surface area contributed by atoms with Gasteiger partial charge in [-0.05, 0) is 58.3 Å². The molecule has 0 radical (unpaired) electrons. The SMILES string of the molecule is CC(C)(C)OC(=O)N[C@@H](C(=O)O)C(F)(C1CC1)C1CC1. The lowest BCUT2D eigenvalue weighted by Crippen LogP contribution is -2.57. The minimum Gasteiger partial charge on any atom is -0.480 e. The summed E-state index contributed by atoms with van der Waals surface area (Å²) < 4.78 is 20.3. The Bertz CT molecular complexity index is 398. The lowest BCUT2D eigenvalue weighted by Gasteiger charge is -2.32. The molecule has 20 heavy (non-hydrogen) atoms. The Morgan fingerprint density at radius 3 is 1.95 bits per heavy atom. The maximum absolute atomic E-state index is 15.2. The third-order valence-corrected chi connectivity index (χ3v) is 3.76. The number of nitrogens with one attached hydrogen (secondary N) is 1. The molecule has 0 aromatic carbocycles. The molecule has 6 heteroatoms. The monoisotopic (exact) mass is 287 g/mol. The average Bonchev–Trinajstić information content (AvgIpc) is 3.15. The fraction of sp³-hybridized carbons (Fsp3) is 0.857. The Kier molecular flexibility index (Phi) is 3.69. The van der Waals surface area contributed by atoms with Crippen molar-refractivity contribution in [3.05, 3.63) is 0 Å². The number of ether oxygens (including phenoxy) is 1. The largest absolute Gasteiger partial charge is 0.480 e. The second kappa shape index (κ2) is 4.90. The molecule has 2 aliphatic carbocycles. The van der Waals surface area contributed by atoms with Gasteiger partial charge in [-0.3, -0.25) is 0 Å². The number of carboxylic acid groups (broad SMARTS) is 1. The molecule has 1 amide bonds. The van der Waals surface area contributed by atoms with E-state index in [1.165, 1.54) is 0 Å². The summed E-state index contributed by atoms with van der Waals surface area (Å²) >= 11 is 0. The van der Waals surface area contributed by atoms with Gasteiger partial charge in [-0.2, -0.15) is 0 Å². The number of amides is 1. The van der Waals surface area contributed by atoms with E-state index in [-0.39, 0.29) is 11.8 Å². The van der Waals surface area contributed by atoms with E-state index in [0.717, 1.165) is 0 Å². The van der Waals surface area contributed by atoms with Crippen LogP contribution in [-0.4, -0.2) is 34.5 Å². The summed E-state index contributed by atoms with van der Waals surface area (Å²) in [4.78, 5) is 23.1. The fourth-order valence-electron chi connectivity index (χ4n) is 2.64. The van der Waals surface area contributed by atoms with E-state index in [4.69, 9.17) is 4.74 Å². The van der Waals surface area contributed by atoms with Gasteiger partial charge in [0.2, 0.25) is 0 Å². The summed E-state index contributed by atoms with van der Waals surface area (Å²) in [5.41, 5.74) is -2.59. The van der Waals surface area contributed by atoms with Crippen molar-refractivity contribution in [2.24, 2.45) is 11.8 Å². The third-order valence-electron chi connectivity index (χ3n) is 3.76. The number of alkyl carbamates (subject to hydrolysis) is 1. The minimum atomic E-state index is -1.84. The first-order chi connectivity index (χ1) is 9.14. The normalized spacial score (nSPS) is 21.2. The van der Waals surface area contributed by atoms with Gasteiger partial charge in [0.05, 0.1) is 0 Å². The molecule has 2 rings (SSSR count). The van der Waals surface area contributed by atoms with Crippen LogP contribution in [0.15, 0.2) is 0 Å². The smallest absolute Gasteiger partial charge is 0.408 e. The van der Waals surface area contributed by atoms with Crippen LogP contribution in [0.3, 0.4) is 0 Å². The number of carboxylic acids is 1. The first-order valence-corrected chi connectivity index (χ1v) is 7.06. The second-order valence-corrected chi connectivity index (χ2v) is 6.79. The molecular formula is C14H22FNO4. The van der Waals surface area contributed by atoms with Crippen molar-refractivity contribution < 1.29 is 23.8 Å². The lowest BCUT2D eigenvalue weighted by atomic mass is 9.85. The van der Waals surface area contributed by atoms with Crippen LogP contribution in [0, 0.1) is 11.8 Å². The van der Waals surface area contributed by atoms with Gasteiger partial charge >= 0.3 is 12.1 Å². The number of rotatable bonds is 5. The Morgan fingerprint density at radius 2 is 1.65 bits per heavy atom. The van der Waals surface area contributed by atoms with E-state index in [0.29, 0.717) is 25.7 Å². The third kappa shape index (κ3) is 3.22. The number of carbonyl (C=O) groups excluding carboxylic acids is 1. The van der Waals surface area contributed by atoms with Gasteiger partial charge in [0, 0.05) is 0 Å². The van der Waals surface area contributed by atoms with E-state index in [1.54, 1.807) is 20.8 Å². The van der Waals surface area contributed by atoms with Crippen molar-refractivity contribution in [3.63, 3.8) is 0 Å². The molecule has 0 unspecified atom stereocenters.